The summed E-state index contributed by atoms with van der Waals surface area (Å²) < 4.78 is 210. The molecule has 0 fully saturated rings. The Morgan fingerprint density at radius 3 is 1.83 bits per heavy atom. The molecule has 0 saturated heterocycles. The number of halogens is 15. The minimum atomic E-state index is -7.02. The minimum absolute atomic E-state index is 0.142. The summed E-state index contributed by atoms with van der Waals surface area (Å²) in [5.41, 5.74) is -19.9. The van der Waals surface area contributed by atoms with Gasteiger partial charge in [-0.1, -0.05) is 6.07 Å². The molecule has 8 nitrogen and oxygen atoms in total. The quantitative estimate of drug-likeness (QED) is 0.261. The molecule has 0 unspecified atom stereocenters. The van der Waals surface area contributed by atoms with E-state index in [9.17, 15) is 79.9 Å². The third kappa shape index (κ3) is 7.63. The lowest BCUT2D eigenvalue weighted by Gasteiger charge is -2.31. The fourth-order valence-corrected chi connectivity index (χ4v) is 5.05. The number of amides is 3. The van der Waals surface area contributed by atoms with Crippen LogP contribution in [0.2, 0.25) is 0 Å². The molecular formula is C22H12BrF14N3O5S. The molecule has 0 aliphatic carbocycles. The van der Waals surface area contributed by atoms with E-state index in [1.165, 1.54) is 10.6 Å². The molecule has 2 N–H and O–H groups in total. The fraction of sp³-hybridized carbons (Fsp3) is 0.318. The van der Waals surface area contributed by atoms with E-state index in [4.69, 9.17) is 0 Å². The van der Waals surface area contributed by atoms with E-state index < -0.39 is 114 Å². The van der Waals surface area contributed by atoms with Gasteiger partial charge in [-0.15, -0.1) is 0 Å². The summed E-state index contributed by atoms with van der Waals surface area (Å²) in [4.78, 5) is 33.9. The van der Waals surface area contributed by atoms with Crippen molar-refractivity contribution in [2.75, 3.05) is 24.2 Å². The second-order valence-corrected chi connectivity index (χ2v) is 11.6. The van der Waals surface area contributed by atoms with E-state index in [2.05, 4.69) is 15.9 Å². The van der Waals surface area contributed by atoms with Crippen molar-refractivity contribution in [3.05, 3.63) is 51.7 Å². The molecule has 0 aliphatic heterocycles. The van der Waals surface area contributed by atoms with Crippen molar-refractivity contribution in [2.24, 2.45) is 0 Å². The first-order valence-electron chi connectivity index (χ1n) is 11.2. The molecule has 0 atom stereocenters. The van der Waals surface area contributed by atoms with Crippen LogP contribution in [-0.2, 0) is 25.1 Å². The van der Waals surface area contributed by atoms with Crippen LogP contribution in [0.1, 0.15) is 15.9 Å². The average molecular weight is 776 g/mol. The van der Waals surface area contributed by atoms with E-state index in [1.54, 1.807) is 0 Å². The van der Waals surface area contributed by atoms with Gasteiger partial charge in [-0.05, 0) is 40.2 Å². The molecule has 3 amide bonds. The van der Waals surface area contributed by atoms with Crippen LogP contribution in [0.5, 0.6) is 0 Å². The van der Waals surface area contributed by atoms with Crippen molar-refractivity contribution in [1.29, 1.82) is 0 Å². The number of carbonyl (C=O) groups excluding carboxylic acids is 3. The lowest BCUT2D eigenvalue weighted by Crippen LogP contribution is -2.50. The van der Waals surface area contributed by atoms with Crippen LogP contribution in [0.25, 0.3) is 0 Å². The highest BCUT2D eigenvalue weighted by atomic mass is 79.9. The molecule has 2 aromatic rings. The number of hydrogen-bond donors (Lipinski definition) is 2. The van der Waals surface area contributed by atoms with Crippen molar-refractivity contribution in [3.8, 4) is 0 Å². The highest BCUT2D eigenvalue weighted by Gasteiger charge is 2.74. The second-order valence-electron chi connectivity index (χ2n) is 8.79. The Bertz CT molecular complexity index is 1640. The number of alkyl halides is 13. The molecule has 0 spiro atoms. The molecule has 2 aromatic carbocycles. The summed E-state index contributed by atoms with van der Waals surface area (Å²) in [7, 11) is -6.49. The van der Waals surface area contributed by atoms with Crippen LogP contribution < -0.4 is 10.6 Å². The van der Waals surface area contributed by atoms with Gasteiger partial charge in [0.1, 0.15) is 11.4 Å². The number of nitrogens with one attached hydrogen (secondary N) is 2. The Hall–Kier alpha value is -3.70. The van der Waals surface area contributed by atoms with E-state index in [0.29, 0.717) is 25.2 Å². The average Bonchev–Trinajstić information content (AvgIpc) is 2.86. The molecule has 256 valence electrons. The summed E-state index contributed by atoms with van der Waals surface area (Å²) in [6.07, 6.45) is -18.8. The molecule has 0 saturated carbocycles. The fourth-order valence-electron chi connectivity index (χ4n) is 3.40. The molecule has 0 heterocycles. The Balaban J connectivity index is 2.67. The Morgan fingerprint density at radius 2 is 1.37 bits per heavy atom. The maximum absolute atomic E-state index is 15.0. The standard InChI is InChI=1S/C22H12BrF14N3O5S/c1-40(7-18(25,26)27)17(43)16(42)38-11-4-2-3-9(13(11)24)15(41)39-14-10(23)5-8(6-12(14)46(44,45)22(35,36)37)19(28,20(29,30)31)21(32,33)34/h2-6H,7H2,1H3,(H,38,42)(H,39,41). The van der Waals surface area contributed by atoms with Crippen molar-refractivity contribution < 1.29 is 84.3 Å². The third-order valence-electron chi connectivity index (χ3n) is 5.51. The first-order chi connectivity index (χ1) is 20.5. The number of benzene rings is 2. The van der Waals surface area contributed by atoms with Gasteiger partial charge in [-0.2, -0.15) is 52.7 Å². The van der Waals surface area contributed by atoms with Gasteiger partial charge in [0, 0.05) is 17.1 Å². The molecule has 46 heavy (non-hydrogen) atoms. The molecular weight excluding hydrogens is 764 g/mol. The van der Waals surface area contributed by atoms with Crippen molar-refractivity contribution in [2.45, 2.75) is 34.6 Å². The predicted molar refractivity (Wildman–Crippen MR) is 129 cm³/mol. The van der Waals surface area contributed by atoms with E-state index in [-0.39, 0.29) is 4.90 Å². The summed E-state index contributed by atoms with van der Waals surface area (Å²) in [5, 5.41) is 2.81. The topological polar surface area (TPSA) is 113 Å². The molecule has 24 heteroatoms. The number of sulfone groups is 1. The van der Waals surface area contributed by atoms with Gasteiger partial charge in [0.25, 0.3) is 15.7 Å². The molecule has 0 aliphatic rings. The van der Waals surface area contributed by atoms with Gasteiger partial charge >= 0.3 is 41.5 Å². The number of anilines is 2. The van der Waals surface area contributed by atoms with Crippen molar-refractivity contribution in [3.63, 3.8) is 0 Å². The van der Waals surface area contributed by atoms with Crippen molar-refractivity contribution >= 4 is 54.9 Å². The number of rotatable bonds is 6. The van der Waals surface area contributed by atoms with E-state index in [0.717, 1.165) is 0 Å². The lowest BCUT2D eigenvalue weighted by atomic mass is 9.94. The Morgan fingerprint density at radius 1 is 0.848 bits per heavy atom. The molecule has 2 rings (SSSR count). The van der Waals surface area contributed by atoms with Gasteiger partial charge in [0.2, 0.25) is 0 Å². The smallest absolute Gasteiger partial charge is 0.328 e. The number of likely N-dealkylation sites (N-methyl/N-ethyl adjacent to an activating group) is 1. The number of carbonyl (C=O) groups is 3. The number of nitrogens with zero attached hydrogens (tertiary/aromatic N) is 1. The maximum atomic E-state index is 15.0. The normalized spacial score (nSPS) is 13.3. The van der Waals surface area contributed by atoms with Gasteiger partial charge in [0.05, 0.1) is 16.9 Å². The highest BCUT2D eigenvalue weighted by molar-refractivity contribution is 9.10. The lowest BCUT2D eigenvalue weighted by molar-refractivity contribution is -0.348. The van der Waals surface area contributed by atoms with Crippen LogP contribution in [0, 0.1) is 5.82 Å². The first kappa shape index (κ1) is 38.5. The Kier molecular flexibility index (Phi) is 10.4. The van der Waals surface area contributed by atoms with Crippen LogP contribution >= 0.6 is 15.9 Å². The summed E-state index contributed by atoms with van der Waals surface area (Å²) in [6.45, 7) is -1.93. The third-order valence-corrected chi connectivity index (χ3v) is 7.65. The summed E-state index contributed by atoms with van der Waals surface area (Å²) >= 11 is 2.18. The largest absolute Gasteiger partial charge is 0.501 e. The van der Waals surface area contributed by atoms with Gasteiger partial charge < -0.3 is 15.5 Å². The minimum Gasteiger partial charge on any atom is -0.328 e. The predicted octanol–water partition coefficient (Wildman–Crippen LogP) is 6.38. The van der Waals surface area contributed by atoms with Crippen LogP contribution in [-0.4, -0.2) is 68.7 Å². The zero-order chi connectivity index (χ0) is 36.0. The zero-order valence-electron chi connectivity index (χ0n) is 21.7. The monoisotopic (exact) mass is 775 g/mol. The van der Waals surface area contributed by atoms with Gasteiger partial charge in [-0.3, -0.25) is 14.4 Å². The molecule has 0 bridgehead atoms. The van der Waals surface area contributed by atoms with E-state index in [1.807, 2.05) is 0 Å². The summed E-state index contributed by atoms with van der Waals surface area (Å²) in [6, 6.07) is 0.341. The highest BCUT2D eigenvalue weighted by Crippen LogP contribution is 2.55. The summed E-state index contributed by atoms with van der Waals surface area (Å²) in [5.74, 6) is -7.63. The maximum Gasteiger partial charge on any atom is 0.501 e. The van der Waals surface area contributed by atoms with Gasteiger partial charge in [-0.25, -0.2) is 17.2 Å². The molecule has 0 aromatic heterocycles. The molecule has 0 radical (unpaired) electrons. The van der Waals surface area contributed by atoms with Gasteiger partial charge in [0.15, 0.2) is 5.82 Å². The van der Waals surface area contributed by atoms with Crippen LogP contribution in [0.3, 0.4) is 0 Å². The number of hydrogen-bond acceptors (Lipinski definition) is 5. The SMILES string of the molecule is CN(CC(F)(F)F)C(=O)C(=O)Nc1cccc(C(=O)Nc2c(Br)cc(C(F)(C(F)(F)F)C(F)(F)F)cc2S(=O)(=O)C(F)(F)F)c1F. The van der Waals surface area contributed by atoms with E-state index >= 15 is 4.39 Å². The second kappa shape index (κ2) is 12.5. The van der Waals surface area contributed by atoms with Crippen molar-refractivity contribution in [1.82, 2.24) is 4.90 Å². The van der Waals surface area contributed by atoms with Crippen LogP contribution in [0.4, 0.5) is 72.8 Å². The van der Waals surface area contributed by atoms with Crippen LogP contribution in [0.15, 0.2) is 39.7 Å². The first-order valence-corrected chi connectivity index (χ1v) is 13.5. The zero-order valence-corrected chi connectivity index (χ0v) is 24.1. The Labute approximate surface area is 254 Å².